The van der Waals surface area contributed by atoms with Crippen molar-refractivity contribution in [2.45, 2.75) is 50.4 Å². The lowest BCUT2D eigenvalue weighted by atomic mass is 10.00. The molecule has 2 aliphatic rings. The number of rotatable bonds is 7. The number of hydrogen-bond donors (Lipinski definition) is 1. The molecule has 1 aromatic heterocycles. The molecular weight excluding hydrogens is 434 g/mol. The Morgan fingerprint density at radius 2 is 1.94 bits per heavy atom. The number of ether oxygens (including phenoxy) is 1. The molecule has 33 heavy (non-hydrogen) atoms. The summed E-state index contributed by atoms with van der Waals surface area (Å²) in [5, 5.41) is 15.0. The van der Waals surface area contributed by atoms with Gasteiger partial charge in [-0.1, -0.05) is 55.1 Å². The maximum absolute atomic E-state index is 12.8. The molecule has 2 aromatic carbocycles. The van der Waals surface area contributed by atoms with Gasteiger partial charge in [0.1, 0.15) is 0 Å². The lowest BCUT2D eigenvalue weighted by Gasteiger charge is -2.31. The van der Waals surface area contributed by atoms with Crippen molar-refractivity contribution in [3.05, 3.63) is 42.5 Å². The van der Waals surface area contributed by atoms with Crippen LogP contribution in [0, 0.1) is 5.92 Å². The summed E-state index contributed by atoms with van der Waals surface area (Å²) >= 11 is 1.44. The number of nitrogens with zero attached hydrogens (tertiary/aromatic N) is 4. The monoisotopic (exact) mass is 465 g/mol. The van der Waals surface area contributed by atoms with Gasteiger partial charge in [-0.3, -0.25) is 9.36 Å². The van der Waals surface area contributed by atoms with Gasteiger partial charge in [-0.25, -0.2) is 0 Å². The van der Waals surface area contributed by atoms with Gasteiger partial charge in [-0.2, -0.15) is 0 Å². The van der Waals surface area contributed by atoms with Gasteiger partial charge < -0.3 is 15.0 Å². The molecule has 1 amide bonds. The summed E-state index contributed by atoms with van der Waals surface area (Å²) in [6.45, 7) is 5.86. The summed E-state index contributed by atoms with van der Waals surface area (Å²) in [6, 6.07) is 14.0. The maximum atomic E-state index is 12.8. The largest absolute Gasteiger partial charge is 0.376 e. The van der Waals surface area contributed by atoms with Crippen LogP contribution in [0.2, 0.25) is 0 Å². The Balaban J connectivity index is 1.29. The van der Waals surface area contributed by atoms with E-state index in [-0.39, 0.29) is 17.8 Å². The number of nitrogens with one attached hydrogen (secondary N) is 1. The topological polar surface area (TPSA) is 72.3 Å². The fourth-order valence-electron chi connectivity index (χ4n) is 4.63. The second-order valence-corrected chi connectivity index (χ2v) is 10.0. The van der Waals surface area contributed by atoms with Crippen molar-refractivity contribution in [3.8, 4) is 0 Å². The number of piperidine rings is 1. The Morgan fingerprint density at radius 3 is 2.76 bits per heavy atom. The Morgan fingerprint density at radius 1 is 1.12 bits per heavy atom. The number of carbonyl (C=O) groups excluding carboxylic acids is 1. The summed E-state index contributed by atoms with van der Waals surface area (Å²) in [5.41, 5.74) is 0.836. The molecule has 0 radical (unpaired) electrons. The molecule has 2 saturated heterocycles. The number of amides is 1. The molecule has 0 spiro atoms. The number of fused-ring (bicyclic) bond motifs is 1. The number of anilines is 2. The van der Waals surface area contributed by atoms with Crippen LogP contribution in [0.3, 0.4) is 0 Å². The Bertz CT molecular complexity index is 1100. The van der Waals surface area contributed by atoms with Gasteiger partial charge in [-0.15, -0.1) is 10.2 Å². The van der Waals surface area contributed by atoms with Crippen molar-refractivity contribution in [1.82, 2.24) is 14.8 Å². The minimum absolute atomic E-state index is 0.0450. The molecule has 1 atom stereocenters. The fraction of sp³-hybridized carbons (Fsp3) is 0.480. The van der Waals surface area contributed by atoms with Gasteiger partial charge in [0.05, 0.1) is 18.4 Å². The van der Waals surface area contributed by atoms with Crippen LogP contribution in [0.1, 0.15) is 32.6 Å². The lowest BCUT2D eigenvalue weighted by Crippen LogP contribution is -2.35. The molecule has 3 aromatic rings. The molecule has 0 saturated carbocycles. The maximum Gasteiger partial charge on any atom is 0.234 e. The zero-order chi connectivity index (χ0) is 22.6. The van der Waals surface area contributed by atoms with E-state index in [4.69, 9.17) is 4.74 Å². The Labute approximate surface area is 198 Å². The van der Waals surface area contributed by atoms with E-state index in [9.17, 15) is 4.79 Å². The van der Waals surface area contributed by atoms with Gasteiger partial charge in [-0.05, 0) is 43.1 Å². The average molecular weight is 466 g/mol. The third-order valence-corrected chi connectivity index (χ3v) is 7.54. The van der Waals surface area contributed by atoms with Crippen LogP contribution in [-0.2, 0) is 16.1 Å². The number of thioether (sulfide) groups is 1. The number of aromatic nitrogens is 3. The minimum Gasteiger partial charge on any atom is -0.376 e. The zero-order valence-corrected chi connectivity index (χ0v) is 19.9. The first-order chi connectivity index (χ1) is 16.2. The van der Waals surface area contributed by atoms with Crippen LogP contribution in [0.5, 0.6) is 0 Å². The molecule has 2 aliphatic heterocycles. The fourth-order valence-corrected chi connectivity index (χ4v) is 5.38. The molecule has 0 unspecified atom stereocenters. The number of benzene rings is 2. The van der Waals surface area contributed by atoms with Crippen molar-refractivity contribution in [2.75, 3.05) is 35.7 Å². The van der Waals surface area contributed by atoms with Crippen LogP contribution >= 0.6 is 11.8 Å². The van der Waals surface area contributed by atoms with Crippen LogP contribution in [-0.4, -0.2) is 52.2 Å². The highest BCUT2D eigenvalue weighted by Crippen LogP contribution is 2.29. The summed E-state index contributed by atoms with van der Waals surface area (Å²) in [6.07, 6.45) is 4.68. The third-order valence-electron chi connectivity index (χ3n) is 6.57. The Kier molecular flexibility index (Phi) is 6.83. The van der Waals surface area contributed by atoms with Crippen molar-refractivity contribution in [1.29, 1.82) is 0 Å². The quantitative estimate of drug-likeness (QED) is 0.515. The summed E-state index contributed by atoms with van der Waals surface area (Å²) in [7, 11) is 0. The number of carbonyl (C=O) groups is 1. The van der Waals surface area contributed by atoms with Crippen LogP contribution in [0.15, 0.2) is 47.6 Å². The van der Waals surface area contributed by atoms with E-state index in [1.807, 2.05) is 30.3 Å². The summed E-state index contributed by atoms with van der Waals surface area (Å²) < 4.78 is 8.07. The molecule has 174 valence electrons. The summed E-state index contributed by atoms with van der Waals surface area (Å²) in [5.74, 6) is 1.90. The van der Waals surface area contributed by atoms with Crippen LogP contribution < -0.4 is 10.2 Å². The van der Waals surface area contributed by atoms with E-state index in [0.29, 0.717) is 0 Å². The predicted molar refractivity (Wildman–Crippen MR) is 133 cm³/mol. The molecule has 5 rings (SSSR count). The minimum atomic E-state index is -0.0450. The van der Waals surface area contributed by atoms with Gasteiger partial charge in [0, 0.05) is 30.8 Å². The molecule has 2 fully saturated rings. The second-order valence-electron chi connectivity index (χ2n) is 9.06. The summed E-state index contributed by atoms with van der Waals surface area (Å²) in [4.78, 5) is 15.1. The Hall–Kier alpha value is -2.58. The van der Waals surface area contributed by atoms with Gasteiger partial charge in [0.2, 0.25) is 11.9 Å². The average Bonchev–Trinajstić information content (AvgIpc) is 3.49. The van der Waals surface area contributed by atoms with Crippen molar-refractivity contribution in [2.24, 2.45) is 5.92 Å². The van der Waals surface area contributed by atoms with E-state index in [1.54, 1.807) is 0 Å². The van der Waals surface area contributed by atoms with E-state index in [1.165, 1.54) is 24.6 Å². The first-order valence-electron chi connectivity index (χ1n) is 11.9. The highest BCUT2D eigenvalue weighted by Gasteiger charge is 2.26. The third kappa shape index (κ3) is 5.17. The normalized spacial score (nSPS) is 19.3. The standard InChI is InChI=1S/C25H31N5O2S/c1-18-11-13-29(14-12-18)24-27-28-25(30(24)16-20-8-5-15-32-20)33-17-23(31)26-22-10-4-7-19-6-2-3-9-21(19)22/h2-4,6-7,9-10,18,20H,5,8,11-17H2,1H3,(H,26,31)/t20-/m0/s1. The second kappa shape index (κ2) is 10.1. The number of hydrogen-bond acceptors (Lipinski definition) is 6. The highest BCUT2D eigenvalue weighted by molar-refractivity contribution is 7.99. The zero-order valence-electron chi connectivity index (χ0n) is 19.1. The molecule has 1 N–H and O–H groups in total. The molecule has 0 bridgehead atoms. The van der Waals surface area contributed by atoms with E-state index < -0.39 is 0 Å². The van der Waals surface area contributed by atoms with Gasteiger partial charge in [0.25, 0.3) is 0 Å². The van der Waals surface area contributed by atoms with Crippen LogP contribution in [0.25, 0.3) is 10.8 Å². The molecule has 8 heteroatoms. The van der Waals surface area contributed by atoms with E-state index in [2.05, 4.69) is 44.0 Å². The molecular formula is C25H31N5O2S. The lowest BCUT2D eigenvalue weighted by molar-refractivity contribution is -0.113. The van der Waals surface area contributed by atoms with Crippen molar-refractivity contribution < 1.29 is 9.53 Å². The predicted octanol–water partition coefficient (Wildman–Crippen LogP) is 4.58. The van der Waals surface area contributed by atoms with E-state index >= 15 is 0 Å². The SMILES string of the molecule is CC1CCN(c2nnc(SCC(=O)Nc3cccc4ccccc34)n2C[C@@H]2CCCO2)CC1. The molecule has 7 nitrogen and oxygen atoms in total. The van der Waals surface area contributed by atoms with Gasteiger partial charge in [0.15, 0.2) is 5.16 Å². The van der Waals surface area contributed by atoms with E-state index in [0.717, 1.165) is 72.6 Å². The first kappa shape index (κ1) is 22.2. The molecule has 0 aliphatic carbocycles. The van der Waals surface area contributed by atoms with Crippen LogP contribution in [0.4, 0.5) is 11.6 Å². The molecule has 3 heterocycles. The van der Waals surface area contributed by atoms with Gasteiger partial charge >= 0.3 is 0 Å². The van der Waals surface area contributed by atoms with Crippen molar-refractivity contribution in [3.63, 3.8) is 0 Å². The smallest absolute Gasteiger partial charge is 0.234 e. The van der Waals surface area contributed by atoms with Crippen molar-refractivity contribution >= 4 is 40.1 Å². The highest BCUT2D eigenvalue weighted by atomic mass is 32.2. The first-order valence-corrected chi connectivity index (χ1v) is 12.9.